The Labute approximate surface area is 220 Å². The van der Waals surface area contributed by atoms with Gasteiger partial charge in [-0.25, -0.2) is 4.99 Å². The smallest absolute Gasteiger partial charge is 0.271 e. The number of aromatic nitrogens is 1. The van der Waals surface area contributed by atoms with Crippen molar-refractivity contribution in [2.75, 3.05) is 14.2 Å². The molecule has 1 aromatic heterocycles. The van der Waals surface area contributed by atoms with Crippen LogP contribution in [0.3, 0.4) is 0 Å². The zero-order valence-electron chi connectivity index (χ0n) is 19.8. The number of benzene rings is 3. The molecule has 0 spiro atoms. The van der Waals surface area contributed by atoms with Gasteiger partial charge in [0.05, 0.1) is 35.0 Å². The van der Waals surface area contributed by atoms with E-state index in [0.29, 0.717) is 4.53 Å². The Morgan fingerprint density at radius 3 is 2.58 bits per heavy atom. The van der Waals surface area contributed by atoms with Gasteiger partial charge in [0.25, 0.3) is 5.56 Å². The van der Waals surface area contributed by atoms with E-state index in [4.69, 9.17) is 14.5 Å². The zero-order chi connectivity index (χ0) is 24.8. The van der Waals surface area contributed by atoms with Crippen LogP contribution in [0, 0.1) is 0 Å². The standard InChI is InChI=1S/C29H23BrN2O3S/c1-34-20-11-8-19(9-12-20)27-22-13-10-18-5-3-4-6-21(18)26(22)31-29-32(27)28(33)25(36-29)16-17-7-14-24(35-2)23(30)15-17/h3-9,11-12,14-16,27H,10,13H2,1-2H3. The molecular weight excluding hydrogens is 536 g/mol. The van der Waals surface area contributed by atoms with Crippen molar-refractivity contribution in [2.45, 2.75) is 18.9 Å². The molecule has 0 fully saturated rings. The summed E-state index contributed by atoms with van der Waals surface area (Å²) in [5.41, 5.74) is 6.59. The lowest BCUT2D eigenvalue weighted by Gasteiger charge is -2.30. The van der Waals surface area contributed by atoms with Gasteiger partial charge in [-0.15, -0.1) is 0 Å². The number of rotatable bonds is 4. The van der Waals surface area contributed by atoms with E-state index in [9.17, 15) is 4.79 Å². The molecule has 180 valence electrons. The second kappa shape index (κ2) is 9.22. The summed E-state index contributed by atoms with van der Waals surface area (Å²) in [5.74, 6) is 1.54. The number of methoxy groups -OCH3 is 2. The van der Waals surface area contributed by atoms with E-state index >= 15 is 0 Å². The monoisotopic (exact) mass is 558 g/mol. The fourth-order valence-corrected chi connectivity index (χ4v) is 6.59. The summed E-state index contributed by atoms with van der Waals surface area (Å²) in [5, 5.41) is 0. The number of hydrogen-bond acceptors (Lipinski definition) is 5. The molecule has 0 saturated carbocycles. The number of fused-ring (bicyclic) bond motifs is 3. The van der Waals surface area contributed by atoms with Crippen molar-refractivity contribution in [3.05, 3.63) is 119 Å². The van der Waals surface area contributed by atoms with Gasteiger partial charge in [0.15, 0.2) is 4.80 Å². The molecule has 2 aliphatic rings. The molecule has 1 atom stereocenters. The van der Waals surface area contributed by atoms with Gasteiger partial charge in [-0.3, -0.25) is 9.36 Å². The van der Waals surface area contributed by atoms with E-state index < -0.39 is 0 Å². The average molecular weight is 559 g/mol. The lowest BCUT2D eigenvalue weighted by atomic mass is 9.83. The maximum absolute atomic E-state index is 13.9. The van der Waals surface area contributed by atoms with Crippen LogP contribution < -0.4 is 24.4 Å². The molecule has 4 aromatic rings. The first-order chi connectivity index (χ1) is 17.6. The van der Waals surface area contributed by atoms with E-state index in [1.165, 1.54) is 22.5 Å². The first-order valence-electron chi connectivity index (χ1n) is 11.7. The maximum atomic E-state index is 13.9. The van der Waals surface area contributed by atoms with Crippen molar-refractivity contribution in [1.29, 1.82) is 0 Å². The Kier molecular flexibility index (Phi) is 5.90. The average Bonchev–Trinajstić information content (AvgIpc) is 3.22. The van der Waals surface area contributed by atoms with Crippen molar-refractivity contribution in [1.82, 2.24) is 4.57 Å². The highest BCUT2D eigenvalue weighted by atomic mass is 79.9. The molecule has 3 aromatic carbocycles. The SMILES string of the molecule is COc1ccc(C2C3=C(N=c4sc(=Cc5ccc(OC)c(Br)c5)c(=O)n42)c2ccccc2CC3)cc1. The van der Waals surface area contributed by atoms with Crippen LogP contribution in [0.2, 0.25) is 0 Å². The minimum absolute atomic E-state index is 0.0306. The summed E-state index contributed by atoms with van der Waals surface area (Å²) < 4.78 is 14.1. The number of hydrogen-bond donors (Lipinski definition) is 0. The molecule has 1 unspecified atom stereocenters. The summed E-state index contributed by atoms with van der Waals surface area (Å²) in [6.07, 6.45) is 3.72. The highest BCUT2D eigenvalue weighted by Crippen LogP contribution is 2.41. The Morgan fingerprint density at radius 1 is 1.03 bits per heavy atom. The van der Waals surface area contributed by atoms with Crippen LogP contribution in [0.5, 0.6) is 11.5 Å². The molecule has 7 heteroatoms. The van der Waals surface area contributed by atoms with E-state index in [1.54, 1.807) is 14.2 Å². The number of nitrogens with zero attached hydrogens (tertiary/aromatic N) is 2. The third-order valence-electron chi connectivity index (χ3n) is 6.78. The molecule has 0 saturated heterocycles. The van der Waals surface area contributed by atoms with Gasteiger partial charge in [-0.2, -0.15) is 0 Å². The van der Waals surface area contributed by atoms with Gasteiger partial charge >= 0.3 is 0 Å². The largest absolute Gasteiger partial charge is 0.497 e. The molecule has 0 N–H and O–H groups in total. The predicted octanol–water partition coefficient (Wildman–Crippen LogP) is 5.10. The van der Waals surface area contributed by atoms with Gasteiger partial charge in [-0.05, 0) is 81.4 Å². The summed E-state index contributed by atoms with van der Waals surface area (Å²) in [6.45, 7) is 0. The summed E-state index contributed by atoms with van der Waals surface area (Å²) >= 11 is 4.98. The van der Waals surface area contributed by atoms with Crippen LogP contribution >= 0.6 is 27.3 Å². The summed E-state index contributed by atoms with van der Waals surface area (Å²) in [7, 11) is 3.30. The maximum Gasteiger partial charge on any atom is 0.271 e. The van der Waals surface area contributed by atoms with Crippen LogP contribution in [-0.2, 0) is 6.42 Å². The third kappa shape index (κ3) is 3.83. The quantitative estimate of drug-likeness (QED) is 0.350. The second-order valence-corrected chi connectivity index (χ2v) is 10.6. The molecule has 0 amide bonds. The number of aryl methyl sites for hydroxylation is 1. The number of allylic oxidation sites excluding steroid dienone is 1. The molecule has 0 radical (unpaired) electrons. The van der Waals surface area contributed by atoms with E-state index in [1.807, 2.05) is 41.0 Å². The molecule has 2 heterocycles. The minimum Gasteiger partial charge on any atom is -0.497 e. The topological polar surface area (TPSA) is 52.8 Å². The summed E-state index contributed by atoms with van der Waals surface area (Å²) in [6, 6.07) is 22.1. The van der Waals surface area contributed by atoms with Crippen LogP contribution in [0.4, 0.5) is 0 Å². The molecule has 36 heavy (non-hydrogen) atoms. The van der Waals surface area contributed by atoms with Crippen LogP contribution in [-0.4, -0.2) is 18.8 Å². The van der Waals surface area contributed by atoms with Gasteiger partial charge in [0, 0.05) is 5.56 Å². The van der Waals surface area contributed by atoms with Gasteiger partial charge in [0.1, 0.15) is 11.5 Å². The van der Waals surface area contributed by atoms with Crippen LogP contribution in [0.25, 0.3) is 11.8 Å². The molecule has 1 aliphatic heterocycles. The third-order valence-corrected chi connectivity index (χ3v) is 8.38. The number of halogens is 1. The zero-order valence-corrected chi connectivity index (χ0v) is 22.2. The van der Waals surface area contributed by atoms with Crippen molar-refractivity contribution < 1.29 is 9.47 Å². The Hall–Kier alpha value is -3.42. The first kappa shape index (κ1) is 23.0. The van der Waals surface area contributed by atoms with Gasteiger partial charge in [0.2, 0.25) is 0 Å². The lowest BCUT2D eigenvalue weighted by molar-refractivity contribution is 0.412. The molecule has 6 rings (SSSR count). The van der Waals surface area contributed by atoms with Gasteiger partial charge < -0.3 is 9.47 Å². The van der Waals surface area contributed by atoms with Crippen LogP contribution in [0.15, 0.2) is 86.6 Å². The highest BCUT2D eigenvalue weighted by Gasteiger charge is 2.32. The van der Waals surface area contributed by atoms with E-state index in [0.717, 1.165) is 56.0 Å². The van der Waals surface area contributed by atoms with Crippen molar-refractivity contribution in [3.63, 3.8) is 0 Å². The predicted molar refractivity (Wildman–Crippen MR) is 146 cm³/mol. The first-order valence-corrected chi connectivity index (χ1v) is 13.3. The Morgan fingerprint density at radius 2 is 1.83 bits per heavy atom. The molecule has 5 nitrogen and oxygen atoms in total. The Bertz CT molecular complexity index is 1700. The number of thiazole rings is 1. The van der Waals surface area contributed by atoms with Gasteiger partial charge in [-0.1, -0.05) is 53.8 Å². The molecular formula is C29H23BrN2O3S. The fraction of sp³-hybridized carbons (Fsp3) is 0.172. The molecule has 1 aliphatic carbocycles. The molecule has 0 bridgehead atoms. The Balaban J connectivity index is 1.58. The van der Waals surface area contributed by atoms with E-state index in [-0.39, 0.29) is 11.6 Å². The number of ether oxygens (including phenoxy) is 2. The second-order valence-electron chi connectivity index (χ2n) is 8.78. The highest BCUT2D eigenvalue weighted by molar-refractivity contribution is 9.10. The lowest BCUT2D eigenvalue weighted by Crippen LogP contribution is -2.38. The fourth-order valence-electron chi connectivity index (χ4n) is 5.03. The van der Waals surface area contributed by atoms with Crippen molar-refractivity contribution >= 4 is 39.0 Å². The normalized spacial score (nSPS) is 16.6. The van der Waals surface area contributed by atoms with Crippen molar-refractivity contribution in [2.24, 2.45) is 4.99 Å². The van der Waals surface area contributed by atoms with E-state index in [2.05, 4.69) is 52.3 Å². The van der Waals surface area contributed by atoms with Crippen molar-refractivity contribution in [3.8, 4) is 11.5 Å². The summed E-state index contributed by atoms with van der Waals surface area (Å²) in [4.78, 5) is 19.6. The van der Waals surface area contributed by atoms with Crippen LogP contribution in [0.1, 0.15) is 34.7 Å². The minimum atomic E-state index is -0.208.